The largest absolute Gasteiger partial charge is 0.497 e. The molecule has 2 atom stereocenters. The van der Waals surface area contributed by atoms with Crippen molar-refractivity contribution < 1.29 is 22.7 Å². The highest BCUT2D eigenvalue weighted by Crippen LogP contribution is 2.22. The number of carbonyl (C=O) groups is 2. The minimum Gasteiger partial charge on any atom is -0.497 e. The number of benzene rings is 2. The van der Waals surface area contributed by atoms with Gasteiger partial charge in [-0.2, -0.15) is 0 Å². The average Bonchev–Trinajstić information content (AvgIpc) is 2.84. The van der Waals surface area contributed by atoms with Crippen LogP contribution in [0.1, 0.15) is 45.6 Å². The number of sulfonamides is 1. The van der Waals surface area contributed by atoms with Gasteiger partial charge in [-0.3, -0.25) is 13.9 Å². The molecule has 0 spiro atoms. The van der Waals surface area contributed by atoms with Crippen molar-refractivity contribution in [1.29, 1.82) is 0 Å². The lowest BCUT2D eigenvalue weighted by Crippen LogP contribution is -2.49. The summed E-state index contributed by atoms with van der Waals surface area (Å²) >= 11 is 0. The summed E-state index contributed by atoms with van der Waals surface area (Å²) in [4.78, 5) is 27.6. The summed E-state index contributed by atoms with van der Waals surface area (Å²) in [5, 5.41) is 2.94. The Balaban J connectivity index is 2.13. The number of anilines is 1. The van der Waals surface area contributed by atoms with Crippen LogP contribution in [0, 0.1) is 0 Å². The van der Waals surface area contributed by atoms with Crippen molar-refractivity contribution in [2.45, 2.75) is 58.7 Å². The van der Waals surface area contributed by atoms with Gasteiger partial charge in [-0.25, -0.2) is 8.42 Å². The van der Waals surface area contributed by atoms with E-state index in [4.69, 9.17) is 4.74 Å². The topological polar surface area (TPSA) is 96.0 Å². The maximum absolute atomic E-state index is 13.3. The van der Waals surface area contributed by atoms with Crippen molar-refractivity contribution >= 4 is 27.5 Å². The Labute approximate surface area is 209 Å². The first-order valence-electron chi connectivity index (χ1n) is 11.8. The molecule has 1 N–H and O–H groups in total. The van der Waals surface area contributed by atoms with E-state index >= 15 is 0 Å². The van der Waals surface area contributed by atoms with Crippen LogP contribution in [0.5, 0.6) is 5.75 Å². The lowest BCUT2D eigenvalue weighted by Gasteiger charge is -2.30. The summed E-state index contributed by atoms with van der Waals surface area (Å²) in [6.45, 7) is 6.07. The van der Waals surface area contributed by atoms with E-state index < -0.39 is 16.1 Å². The maximum Gasteiger partial charge on any atom is 0.242 e. The first-order chi connectivity index (χ1) is 16.6. The zero-order valence-electron chi connectivity index (χ0n) is 21.2. The van der Waals surface area contributed by atoms with Crippen molar-refractivity contribution in [3.63, 3.8) is 0 Å². The molecule has 0 radical (unpaired) electrons. The Morgan fingerprint density at radius 1 is 1.03 bits per heavy atom. The van der Waals surface area contributed by atoms with Crippen LogP contribution in [0.3, 0.4) is 0 Å². The van der Waals surface area contributed by atoms with E-state index in [1.54, 1.807) is 43.2 Å². The SMILES string of the molecule is CC[C@H](C)NC(=O)[C@@H](C)N(Cc1ccccc1)C(=O)CCCN(c1ccc(OC)cc1)S(C)(=O)=O. The van der Waals surface area contributed by atoms with Gasteiger partial charge in [0.15, 0.2) is 0 Å². The average molecular weight is 504 g/mol. The number of hydrogen-bond acceptors (Lipinski definition) is 5. The van der Waals surface area contributed by atoms with E-state index in [0.29, 0.717) is 24.4 Å². The number of amides is 2. The molecule has 0 aromatic heterocycles. The second-order valence-corrected chi connectivity index (χ2v) is 10.5. The first-order valence-corrected chi connectivity index (χ1v) is 13.7. The normalized spacial score (nSPS) is 12.9. The van der Waals surface area contributed by atoms with Gasteiger partial charge in [0.25, 0.3) is 0 Å². The van der Waals surface area contributed by atoms with Gasteiger partial charge in [0.1, 0.15) is 11.8 Å². The third kappa shape index (κ3) is 8.58. The molecule has 9 heteroatoms. The van der Waals surface area contributed by atoms with E-state index in [2.05, 4.69) is 5.32 Å². The third-order valence-electron chi connectivity index (χ3n) is 5.88. The number of rotatable bonds is 13. The third-order valence-corrected chi connectivity index (χ3v) is 7.07. The predicted octanol–water partition coefficient (Wildman–Crippen LogP) is 3.57. The Kier molecular flexibility index (Phi) is 10.6. The molecule has 0 heterocycles. The standard InChI is InChI=1S/C26H37N3O5S/c1-6-20(2)27-26(31)21(3)28(19-22-11-8-7-9-12-22)25(30)13-10-18-29(35(5,32)33)23-14-16-24(34-4)17-15-23/h7-9,11-12,14-17,20-21H,6,10,13,18-19H2,1-5H3,(H,27,31)/t20-,21+/m0/s1. The van der Waals surface area contributed by atoms with Crippen LogP contribution in [-0.4, -0.2) is 57.1 Å². The lowest BCUT2D eigenvalue weighted by atomic mass is 10.1. The van der Waals surface area contributed by atoms with Crippen LogP contribution in [0.4, 0.5) is 5.69 Å². The van der Waals surface area contributed by atoms with Gasteiger partial charge in [-0.1, -0.05) is 37.3 Å². The number of ether oxygens (including phenoxy) is 1. The lowest BCUT2D eigenvalue weighted by molar-refractivity contribution is -0.140. The van der Waals surface area contributed by atoms with Crippen molar-refractivity contribution in [2.75, 3.05) is 24.2 Å². The summed E-state index contributed by atoms with van der Waals surface area (Å²) in [6, 6.07) is 15.6. The molecule has 0 bridgehead atoms. The molecule has 35 heavy (non-hydrogen) atoms. The second kappa shape index (κ2) is 13.1. The molecule has 2 rings (SSSR count). The highest BCUT2D eigenvalue weighted by atomic mass is 32.2. The Hall–Kier alpha value is -3.07. The predicted molar refractivity (Wildman–Crippen MR) is 139 cm³/mol. The number of methoxy groups -OCH3 is 1. The second-order valence-electron chi connectivity index (χ2n) is 8.64. The van der Waals surface area contributed by atoms with Gasteiger partial charge in [0.05, 0.1) is 19.1 Å². The van der Waals surface area contributed by atoms with Crippen molar-refractivity contribution in [3.05, 3.63) is 60.2 Å². The Morgan fingerprint density at radius 2 is 1.66 bits per heavy atom. The van der Waals surface area contributed by atoms with E-state index in [9.17, 15) is 18.0 Å². The Morgan fingerprint density at radius 3 is 2.20 bits per heavy atom. The number of carbonyl (C=O) groups excluding carboxylic acids is 2. The molecule has 8 nitrogen and oxygen atoms in total. The molecule has 0 aliphatic rings. The van der Waals surface area contributed by atoms with Crippen LogP contribution >= 0.6 is 0 Å². The number of nitrogens with zero attached hydrogens (tertiary/aromatic N) is 2. The monoisotopic (exact) mass is 503 g/mol. The number of hydrogen-bond donors (Lipinski definition) is 1. The van der Waals surface area contributed by atoms with Gasteiger partial charge >= 0.3 is 0 Å². The van der Waals surface area contributed by atoms with Gasteiger partial charge in [-0.15, -0.1) is 0 Å². The van der Waals surface area contributed by atoms with Crippen LogP contribution in [0.25, 0.3) is 0 Å². The molecule has 0 saturated carbocycles. The van der Waals surface area contributed by atoms with E-state index in [-0.39, 0.29) is 30.8 Å². The fraction of sp³-hybridized carbons (Fsp3) is 0.462. The molecule has 2 amide bonds. The molecule has 2 aromatic carbocycles. The fourth-order valence-electron chi connectivity index (χ4n) is 3.58. The molecule has 0 saturated heterocycles. The molecule has 2 aromatic rings. The zero-order chi connectivity index (χ0) is 26.0. The minimum atomic E-state index is -3.55. The van der Waals surface area contributed by atoms with Crippen LogP contribution in [0.2, 0.25) is 0 Å². The van der Waals surface area contributed by atoms with Gasteiger partial charge in [-0.05, 0) is 56.5 Å². The molecule has 0 unspecified atom stereocenters. The summed E-state index contributed by atoms with van der Waals surface area (Å²) < 4.78 is 31.2. The first kappa shape index (κ1) is 28.2. The van der Waals surface area contributed by atoms with E-state index in [1.165, 1.54) is 4.31 Å². The highest BCUT2D eigenvalue weighted by molar-refractivity contribution is 7.92. The van der Waals surface area contributed by atoms with Crippen molar-refractivity contribution in [1.82, 2.24) is 10.2 Å². The van der Waals surface area contributed by atoms with E-state index in [0.717, 1.165) is 18.2 Å². The molecule has 0 aliphatic carbocycles. The van der Waals surface area contributed by atoms with Gasteiger partial charge in [0.2, 0.25) is 21.8 Å². The minimum absolute atomic E-state index is 0.00597. The van der Waals surface area contributed by atoms with Crippen LogP contribution in [-0.2, 0) is 26.2 Å². The van der Waals surface area contributed by atoms with Gasteiger partial charge in [0, 0.05) is 25.6 Å². The quantitative estimate of drug-likeness (QED) is 0.451. The summed E-state index contributed by atoms with van der Waals surface area (Å²) in [5.74, 6) is 0.210. The molecular formula is C26H37N3O5S. The summed E-state index contributed by atoms with van der Waals surface area (Å²) in [5.41, 5.74) is 1.42. The summed E-state index contributed by atoms with van der Waals surface area (Å²) in [6.07, 6.45) is 2.35. The molecule has 192 valence electrons. The molecule has 0 fully saturated rings. The smallest absolute Gasteiger partial charge is 0.242 e. The fourth-order valence-corrected chi connectivity index (χ4v) is 4.55. The highest BCUT2D eigenvalue weighted by Gasteiger charge is 2.27. The molecule has 0 aliphatic heterocycles. The number of nitrogens with one attached hydrogen (secondary N) is 1. The maximum atomic E-state index is 13.3. The van der Waals surface area contributed by atoms with Crippen LogP contribution < -0.4 is 14.4 Å². The van der Waals surface area contributed by atoms with E-state index in [1.807, 2.05) is 44.2 Å². The summed E-state index contributed by atoms with van der Waals surface area (Å²) in [7, 11) is -2.00. The van der Waals surface area contributed by atoms with Crippen molar-refractivity contribution in [3.8, 4) is 5.75 Å². The van der Waals surface area contributed by atoms with Crippen LogP contribution in [0.15, 0.2) is 54.6 Å². The zero-order valence-corrected chi connectivity index (χ0v) is 22.0. The van der Waals surface area contributed by atoms with Crippen molar-refractivity contribution in [2.24, 2.45) is 0 Å². The molecular weight excluding hydrogens is 466 g/mol. The van der Waals surface area contributed by atoms with Gasteiger partial charge < -0.3 is 15.0 Å². The Bertz CT molecular complexity index is 1060.